The number of halogens is 1. The van der Waals surface area contributed by atoms with E-state index in [1.54, 1.807) is 0 Å². The van der Waals surface area contributed by atoms with Crippen LogP contribution in [0.25, 0.3) is 11.1 Å². The van der Waals surface area contributed by atoms with Gasteiger partial charge in [0.2, 0.25) is 5.89 Å². The van der Waals surface area contributed by atoms with Gasteiger partial charge in [0, 0.05) is 0 Å². The molecule has 0 amide bonds. The summed E-state index contributed by atoms with van der Waals surface area (Å²) in [6, 6.07) is 2.25. The number of aromatic nitrogens is 1. The molecule has 2 heterocycles. The van der Waals surface area contributed by atoms with Crippen LogP contribution in [0.4, 0.5) is 4.39 Å². The monoisotopic (exact) mass is 250 g/mol. The zero-order chi connectivity index (χ0) is 12.7. The van der Waals surface area contributed by atoms with E-state index in [0.29, 0.717) is 5.89 Å². The van der Waals surface area contributed by atoms with Crippen LogP contribution in [0.1, 0.15) is 35.1 Å². The molecule has 1 aromatic carbocycles. The van der Waals surface area contributed by atoms with Gasteiger partial charge in [0.25, 0.3) is 0 Å². The van der Waals surface area contributed by atoms with Crippen LogP contribution in [0, 0.1) is 5.82 Å². The average molecular weight is 250 g/mol. The van der Waals surface area contributed by atoms with E-state index >= 15 is 0 Å². The highest BCUT2D eigenvalue weighted by Crippen LogP contribution is 2.28. The van der Waals surface area contributed by atoms with Gasteiger partial charge in [0.05, 0.1) is 11.6 Å². The van der Waals surface area contributed by atoms with Crippen LogP contribution in [-0.4, -0.2) is 22.6 Å². The highest BCUT2D eigenvalue weighted by atomic mass is 19.1. The number of oxazole rings is 1. The van der Waals surface area contributed by atoms with E-state index in [9.17, 15) is 9.18 Å². The fraction of sp³-hybridized carbons (Fsp3) is 0.333. The minimum atomic E-state index is -1.19. The smallest absolute Gasteiger partial charge is 0.335 e. The van der Waals surface area contributed by atoms with Crippen molar-refractivity contribution < 1.29 is 18.7 Å². The second-order valence-electron chi connectivity index (χ2n) is 4.31. The second kappa shape index (κ2) is 4.06. The molecule has 2 N–H and O–H groups in total. The van der Waals surface area contributed by atoms with Gasteiger partial charge in [-0.25, -0.2) is 14.2 Å². The lowest BCUT2D eigenvalue weighted by Crippen LogP contribution is -2.12. The lowest BCUT2D eigenvalue weighted by atomic mass is 10.2. The van der Waals surface area contributed by atoms with E-state index in [-0.39, 0.29) is 22.7 Å². The van der Waals surface area contributed by atoms with Crippen LogP contribution in [0.3, 0.4) is 0 Å². The number of fused-ring (bicyclic) bond motifs is 1. The average Bonchev–Trinajstić information content (AvgIpc) is 2.96. The van der Waals surface area contributed by atoms with Crippen molar-refractivity contribution in [2.45, 2.75) is 18.9 Å². The van der Waals surface area contributed by atoms with Crippen molar-refractivity contribution in [3.8, 4) is 0 Å². The third-order valence-electron chi connectivity index (χ3n) is 3.07. The van der Waals surface area contributed by atoms with Gasteiger partial charge >= 0.3 is 5.97 Å². The first-order valence-corrected chi connectivity index (χ1v) is 5.72. The molecule has 0 radical (unpaired) electrons. The van der Waals surface area contributed by atoms with Crippen LogP contribution >= 0.6 is 0 Å². The van der Waals surface area contributed by atoms with Crippen molar-refractivity contribution >= 4 is 17.1 Å². The standard InChI is InChI=1S/C12H11FN2O3/c13-7-4-6(12(16)17)5-9-10(7)15-11(18-9)8-2-1-3-14-8/h4-5,8,14H,1-3H2,(H,16,17)/t8-/m0/s1. The number of carboxylic acids is 1. The van der Waals surface area contributed by atoms with Crippen molar-refractivity contribution in [1.82, 2.24) is 10.3 Å². The molecule has 0 saturated carbocycles. The van der Waals surface area contributed by atoms with E-state index < -0.39 is 11.8 Å². The van der Waals surface area contributed by atoms with Crippen LogP contribution in [0.2, 0.25) is 0 Å². The Bertz CT molecular complexity index is 617. The summed E-state index contributed by atoms with van der Waals surface area (Å²) >= 11 is 0. The first-order valence-electron chi connectivity index (χ1n) is 5.72. The maximum Gasteiger partial charge on any atom is 0.335 e. The number of carboxylic acid groups (broad SMARTS) is 1. The summed E-state index contributed by atoms with van der Waals surface area (Å²) in [7, 11) is 0. The Labute approximate surface area is 102 Å². The van der Waals surface area contributed by atoms with Crippen LogP contribution < -0.4 is 5.32 Å². The molecule has 1 aliphatic rings. The maximum absolute atomic E-state index is 13.7. The fourth-order valence-electron chi connectivity index (χ4n) is 2.17. The topological polar surface area (TPSA) is 75.4 Å². The van der Waals surface area contributed by atoms with Gasteiger partial charge in [0.1, 0.15) is 5.52 Å². The van der Waals surface area contributed by atoms with Crippen molar-refractivity contribution in [3.05, 3.63) is 29.4 Å². The van der Waals surface area contributed by atoms with E-state index in [0.717, 1.165) is 25.5 Å². The highest BCUT2D eigenvalue weighted by Gasteiger charge is 2.23. The third kappa shape index (κ3) is 1.74. The summed E-state index contributed by atoms with van der Waals surface area (Å²) in [5.74, 6) is -1.44. The number of hydrogen-bond donors (Lipinski definition) is 2. The zero-order valence-electron chi connectivity index (χ0n) is 9.44. The predicted molar refractivity (Wildman–Crippen MR) is 60.9 cm³/mol. The number of nitrogens with zero attached hydrogens (tertiary/aromatic N) is 1. The molecule has 1 fully saturated rings. The molecule has 0 bridgehead atoms. The van der Waals surface area contributed by atoms with E-state index in [4.69, 9.17) is 9.52 Å². The predicted octanol–water partition coefficient (Wildman–Crippen LogP) is 2.09. The Morgan fingerprint density at radius 2 is 2.39 bits per heavy atom. The molecule has 3 rings (SSSR count). The van der Waals surface area contributed by atoms with Gasteiger partial charge in [-0.15, -0.1) is 0 Å². The molecule has 1 aliphatic heterocycles. The second-order valence-corrected chi connectivity index (χ2v) is 4.31. The molecule has 0 aliphatic carbocycles. The van der Waals surface area contributed by atoms with Crippen molar-refractivity contribution in [2.24, 2.45) is 0 Å². The first kappa shape index (κ1) is 11.2. The van der Waals surface area contributed by atoms with Crippen molar-refractivity contribution in [1.29, 1.82) is 0 Å². The maximum atomic E-state index is 13.7. The summed E-state index contributed by atoms with van der Waals surface area (Å²) in [4.78, 5) is 14.9. The highest BCUT2D eigenvalue weighted by molar-refractivity contribution is 5.92. The SMILES string of the molecule is O=C(O)c1cc(F)c2nc([C@@H]3CCCN3)oc2c1. The van der Waals surface area contributed by atoms with E-state index in [1.165, 1.54) is 6.07 Å². The summed E-state index contributed by atoms with van der Waals surface area (Å²) in [6.07, 6.45) is 1.91. The molecule has 6 heteroatoms. The molecule has 5 nitrogen and oxygen atoms in total. The van der Waals surface area contributed by atoms with Gasteiger partial charge in [-0.05, 0) is 31.5 Å². The van der Waals surface area contributed by atoms with E-state index in [2.05, 4.69) is 10.3 Å². The van der Waals surface area contributed by atoms with Gasteiger partial charge < -0.3 is 14.8 Å². The molecule has 1 saturated heterocycles. The van der Waals surface area contributed by atoms with Gasteiger partial charge in [-0.2, -0.15) is 0 Å². The number of carbonyl (C=O) groups is 1. The largest absolute Gasteiger partial charge is 0.478 e. The number of rotatable bonds is 2. The molecule has 1 atom stereocenters. The molecular formula is C12H11FN2O3. The van der Waals surface area contributed by atoms with Gasteiger partial charge in [-0.3, -0.25) is 0 Å². The molecule has 0 unspecified atom stereocenters. The Hall–Kier alpha value is -1.95. The molecule has 1 aromatic heterocycles. The lowest BCUT2D eigenvalue weighted by molar-refractivity contribution is 0.0696. The Kier molecular flexibility index (Phi) is 2.52. The molecule has 0 spiro atoms. The molecular weight excluding hydrogens is 239 g/mol. The van der Waals surface area contributed by atoms with E-state index in [1.807, 2.05) is 0 Å². The number of aromatic carboxylic acids is 1. The number of hydrogen-bond acceptors (Lipinski definition) is 4. The zero-order valence-corrected chi connectivity index (χ0v) is 9.44. The summed E-state index contributed by atoms with van der Waals surface area (Å²) < 4.78 is 19.1. The van der Waals surface area contributed by atoms with Crippen molar-refractivity contribution in [3.63, 3.8) is 0 Å². The van der Waals surface area contributed by atoms with Crippen LogP contribution in [-0.2, 0) is 0 Å². The number of benzene rings is 1. The number of nitrogens with one attached hydrogen (secondary N) is 1. The summed E-state index contributed by atoms with van der Waals surface area (Å²) in [6.45, 7) is 0.881. The quantitative estimate of drug-likeness (QED) is 0.853. The summed E-state index contributed by atoms with van der Waals surface area (Å²) in [5, 5.41) is 12.0. The van der Waals surface area contributed by atoms with Gasteiger partial charge in [-0.1, -0.05) is 0 Å². The Morgan fingerprint density at radius 3 is 3.06 bits per heavy atom. The fourth-order valence-corrected chi connectivity index (χ4v) is 2.17. The minimum absolute atomic E-state index is 0.00919. The first-order chi connectivity index (χ1) is 8.65. The Balaban J connectivity index is 2.10. The van der Waals surface area contributed by atoms with Crippen LogP contribution in [0.15, 0.2) is 16.5 Å². The third-order valence-corrected chi connectivity index (χ3v) is 3.07. The molecule has 18 heavy (non-hydrogen) atoms. The van der Waals surface area contributed by atoms with Gasteiger partial charge in [0.15, 0.2) is 11.4 Å². The van der Waals surface area contributed by atoms with Crippen molar-refractivity contribution in [2.75, 3.05) is 6.54 Å². The molecule has 2 aromatic rings. The lowest BCUT2D eigenvalue weighted by Gasteiger charge is -2.02. The summed E-state index contributed by atoms with van der Waals surface area (Å²) in [5.41, 5.74) is 0.127. The Morgan fingerprint density at radius 1 is 1.56 bits per heavy atom. The molecule has 94 valence electrons. The normalized spacial score (nSPS) is 19.5. The minimum Gasteiger partial charge on any atom is -0.478 e. The van der Waals surface area contributed by atoms with Crippen LogP contribution in [0.5, 0.6) is 0 Å².